The van der Waals surface area contributed by atoms with Gasteiger partial charge >= 0.3 is 0 Å². The summed E-state index contributed by atoms with van der Waals surface area (Å²) in [6.45, 7) is 0.736. The number of halogens is 3. The first-order valence-electron chi connectivity index (χ1n) is 4.46. The number of benzene rings is 1. The summed E-state index contributed by atoms with van der Waals surface area (Å²) in [5.41, 5.74) is 0. The van der Waals surface area contributed by atoms with Crippen LogP contribution in [0.5, 0.6) is 5.75 Å². The van der Waals surface area contributed by atoms with Gasteiger partial charge in [0.05, 0.1) is 13.2 Å². The van der Waals surface area contributed by atoms with Gasteiger partial charge in [-0.3, -0.25) is 0 Å². The standard InChI is InChI=1S/C10H11ClF2O2/c11-4-5-14-6-7-15-10-8(12)2-1-3-9(10)13/h1-3H,4-7H2. The summed E-state index contributed by atoms with van der Waals surface area (Å²) in [6, 6.07) is 3.55. The van der Waals surface area contributed by atoms with Crippen LogP contribution in [0.3, 0.4) is 0 Å². The van der Waals surface area contributed by atoms with Crippen LogP contribution in [-0.2, 0) is 4.74 Å². The second-order valence-electron chi connectivity index (χ2n) is 2.70. The molecule has 84 valence electrons. The maximum atomic E-state index is 13.0. The van der Waals surface area contributed by atoms with Crippen molar-refractivity contribution >= 4 is 11.6 Å². The summed E-state index contributed by atoms with van der Waals surface area (Å²) in [7, 11) is 0. The molecule has 0 atom stereocenters. The van der Waals surface area contributed by atoms with E-state index in [4.69, 9.17) is 21.1 Å². The van der Waals surface area contributed by atoms with Gasteiger partial charge in [0, 0.05) is 5.88 Å². The quantitative estimate of drug-likeness (QED) is 0.558. The third kappa shape index (κ3) is 4.01. The van der Waals surface area contributed by atoms with E-state index >= 15 is 0 Å². The summed E-state index contributed by atoms with van der Waals surface area (Å²) in [5, 5.41) is 0. The predicted molar refractivity (Wildman–Crippen MR) is 53.4 cm³/mol. The molecule has 0 aliphatic heterocycles. The molecule has 1 aromatic carbocycles. The Morgan fingerprint density at radius 3 is 2.33 bits per heavy atom. The minimum atomic E-state index is -0.715. The Hall–Kier alpha value is -0.870. The number of hydrogen-bond donors (Lipinski definition) is 0. The Morgan fingerprint density at radius 1 is 1.07 bits per heavy atom. The summed E-state index contributed by atoms with van der Waals surface area (Å²) >= 11 is 5.36. The fourth-order valence-electron chi connectivity index (χ4n) is 0.980. The van der Waals surface area contributed by atoms with Gasteiger partial charge in [-0.2, -0.15) is 0 Å². The van der Waals surface area contributed by atoms with E-state index in [1.165, 1.54) is 6.07 Å². The lowest BCUT2D eigenvalue weighted by atomic mass is 10.3. The summed E-state index contributed by atoms with van der Waals surface area (Å²) in [5.74, 6) is -1.42. The van der Waals surface area contributed by atoms with Crippen LogP contribution in [0.4, 0.5) is 8.78 Å². The second kappa shape index (κ2) is 6.58. The molecule has 0 saturated carbocycles. The molecule has 0 fully saturated rings. The Bertz CT molecular complexity index is 287. The van der Waals surface area contributed by atoms with Crippen molar-refractivity contribution in [2.45, 2.75) is 0 Å². The van der Waals surface area contributed by atoms with Gasteiger partial charge in [-0.25, -0.2) is 8.78 Å². The van der Waals surface area contributed by atoms with Crippen LogP contribution in [-0.4, -0.2) is 25.7 Å². The number of rotatable bonds is 6. The molecular weight excluding hydrogens is 226 g/mol. The fraction of sp³-hybridized carbons (Fsp3) is 0.400. The van der Waals surface area contributed by atoms with E-state index in [-0.39, 0.29) is 19.0 Å². The van der Waals surface area contributed by atoms with E-state index in [1.807, 2.05) is 0 Å². The minimum absolute atomic E-state index is 0.0920. The normalized spacial score (nSPS) is 10.3. The average Bonchev–Trinajstić information content (AvgIpc) is 2.21. The van der Waals surface area contributed by atoms with Crippen LogP contribution < -0.4 is 4.74 Å². The fourth-order valence-corrected chi connectivity index (χ4v) is 1.09. The molecule has 5 heteroatoms. The van der Waals surface area contributed by atoms with Crippen molar-refractivity contribution in [2.24, 2.45) is 0 Å². The Kier molecular flexibility index (Phi) is 5.36. The average molecular weight is 237 g/mol. The molecule has 15 heavy (non-hydrogen) atoms. The third-order valence-corrected chi connectivity index (χ3v) is 1.77. The van der Waals surface area contributed by atoms with E-state index in [9.17, 15) is 8.78 Å². The molecule has 0 saturated heterocycles. The van der Waals surface area contributed by atoms with Gasteiger partial charge < -0.3 is 9.47 Å². The lowest BCUT2D eigenvalue weighted by Crippen LogP contribution is -2.09. The van der Waals surface area contributed by atoms with Crippen molar-refractivity contribution in [3.8, 4) is 5.75 Å². The second-order valence-corrected chi connectivity index (χ2v) is 3.08. The van der Waals surface area contributed by atoms with Crippen LogP contribution in [0.15, 0.2) is 18.2 Å². The molecule has 0 amide bonds. The summed E-state index contributed by atoms with van der Waals surface area (Å²) < 4.78 is 35.9. The van der Waals surface area contributed by atoms with Crippen molar-refractivity contribution in [3.63, 3.8) is 0 Å². The topological polar surface area (TPSA) is 18.5 Å². The molecule has 0 aliphatic rings. The van der Waals surface area contributed by atoms with E-state index in [2.05, 4.69) is 0 Å². The van der Waals surface area contributed by atoms with Crippen LogP contribution >= 0.6 is 11.6 Å². The lowest BCUT2D eigenvalue weighted by Gasteiger charge is -2.07. The van der Waals surface area contributed by atoms with Crippen LogP contribution in [0.25, 0.3) is 0 Å². The molecular formula is C10H11ClF2O2. The molecule has 0 aromatic heterocycles. The van der Waals surface area contributed by atoms with Gasteiger partial charge in [-0.1, -0.05) is 6.07 Å². The lowest BCUT2D eigenvalue weighted by molar-refractivity contribution is 0.108. The summed E-state index contributed by atoms with van der Waals surface area (Å²) in [6.07, 6.45) is 0. The van der Waals surface area contributed by atoms with Crippen molar-refractivity contribution < 1.29 is 18.3 Å². The highest BCUT2D eigenvalue weighted by atomic mass is 35.5. The zero-order valence-corrected chi connectivity index (χ0v) is 8.77. The number of para-hydroxylation sites is 1. The zero-order chi connectivity index (χ0) is 11.1. The van der Waals surface area contributed by atoms with E-state index < -0.39 is 11.6 Å². The molecule has 1 aromatic rings. The van der Waals surface area contributed by atoms with E-state index in [0.717, 1.165) is 12.1 Å². The van der Waals surface area contributed by atoms with E-state index in [0.29, 0.717) is 12.5 Å². The highest BCUT2D eigenvalue weighted by Gasteiger charge is 2.08. The molecule has 0 unspecified atom stereocenters. The molecule has 0 radical (unpaired) electrons. The maximum Gasteiger partial charge on any atom is 0.190 e. The summed E-state index contributed by atoms with van der Waals surface area (Å²) in [4.78, 5) is 0. The monoisotopic (exact) mass is 236 g/mol. The SMILES string of the molecule is Fc1cccc(F)c1OCCOCCCl. The largest absolute Gasteiger partial charge is 0.485 e. The highest BCUT2D eigenvalue weighted by molar-refractivity contribution is 6.17. The molecule has 0 N–H and O–H groups in total. The first kappa shape index (κ1) is 12.2. The van der Waals surface area contributed by atoms with Crippen molar-refractivity contribution in [2.75, 3.05) is 25.7 Å². The molecule has 0 aliphatic carbocycles. The number of ether oxygens (including phenoxy) is 2. The molecule has 0 bridgehead atoms. The third-order valence-electron chi connectivity index (χ3n) is 1.61. The van der Waals surface area contributed by atoms with Crippen LogP contribution in [0.2, 0.25) is 0 Å². The molecule has 1 rings (SSSR count). The van der Waals surface area contributed by atoms with Gasteiger partial charge in [0.1, 0.15) is 6.61 Å². The van der Waals surface area contributed by atoms with Crippen LogP contribution in [0, 0.1) is 11.6 Å². The maximum absolute atomic E-state index is 13.0. The van der Waals surface area contributed by atoms with Crippen LogP contribution in [0.1, 0.15) is 0 Å². The predicted octanol–water partition coefficient (Wildman–Crippen LogP) is 2.60. The Labute approximate surface area is 91.8 Å². The van der Waals surface area contributed by atoms with Gasteiger partial charge in [0.15, 0.2) is 17.4 Å². The van der Waals surface area contributed by atoms with Gasteiger partial charge in [0.25, 0.3) is 0 Å². The number of alkyl halides is 1. The zero-order valence-electron chi connectivity index (χ0n) is 8.01. The van der Waals surface area contributed by atoms with Gasteiger partial charge in [-0.05, 0) is 12.1 Å². The Morgan fingerprint density at radius 2 is 1.73 bits per heavy atom. The Balaban J connectivity index is 2.37. The molecule has 0 spiro atoms. The van der Waals surface area contributed by atoms with E-state index in [1.54, 1.807) is 0 Å². The van der Waals surface area contributed by atoms with Crippen molar-refractivity contribution in [3.05, 3.63) is 29.8 Å². The number of hydrogen-bond acceptors (Lipinski definition) is 2. The minimum Gasteiger partial charge on any atom is -0.485 e. The van der Waals surface area contributed by atoms with Gasteiger partial charge in [-0.15, -0.1) is 11.6 Å². The first-order chi connectivity index (χ1) is 7.25. The smallest absolute Gasteiger partial charge is 0.190 e. The molecule has 0 heterocycles. The highest BCUT2D eigenvalue weighted by Crippen LogP contribution is 2.20. The van der Waals surface area contributed by atoms with Crippen molar-refractivity contribution in [1.82, 2.24) is 0 Å². The van der Waals surface area contributed by atoms with Crippen molar-refractivity contribution in [1.29, 1.82) is 0 Å². The van der Waals surface area contributed by atoms with Gasteiger partial charge in [0.2, 0.25) is 0 Å². The first-order valence-corrected chi connectivity index (χ1v) is 4.99. The molecule has 2 nitrogen and oxygen atoms in total.